The van der Waals surface area contributed by atoms with E-state index >= 15 is 0 Å². The molecular formula is C25H25N3O2S2. The number of amides is 1. The fourth-order valence-corrected chi connectivity index (χ4v) is 5.90. The van der Waals surface area contributed by atoms with E-state index < -0.39 is 0 Å². The molecule has 0 aliphatic carbocycles. The number of fused-ring (bicyclic) bond motifs is 1. The highest BCUT2D eigenvalue weighted by molar-refractivity contribution is 7.17. The molecule has 4 aromatic rings. The average Bonchev–Trinajstić information content (AvgIpc) is 3.46. The van der Waals surface area contributed by atoms with Gasteiger partial charge in [-0.2, -0.15) is 0 Å². The number of carbonyl (C=O) groups excluding carboxylic acids is 1. The lowest BCUT2D eigenvalue weighted by Crippen LogP contribution is -2.44. The molecule has 1 amide bonds. The molecule has 164 valence electrons. The van der Waals surface area contributed by atoms with Crippen molar-refractivity contribution in [3.63, 3.8) is 0 Å². The number of nitrogens with one attached hydrogen (secondary N) is 1. The molecule has 32 heavy (non-hydrogen) atoms. The van der Waals surface area contributed by atoms with Crippen molar-refractivity contribution in [2.24, 2.45) is 0 Å². The third-order valence-electron chi connectivity index (χ3n) is 5.78. The summed E-state index contributed by atoms with van der Waals surface area (Å²) in [7, 11) is 0. The lowest BCUT2D eigenvalue weighted by atomic mass is 9.99. The van der Waals surface area contributed by atoms with Crippen LogP contribution in [0.5, 0.6) is 0 Å². The van der Waals surface area contributed by atoms with E-state index in [1.807, 2.05) is 29.1 Å². The van der Waals surface area contributed by atoms with Gasteiger partial charge < -0.3 is 10.1 Å². The molecule has 0 spiro atoms. The van der Waals surface area contributed by atoms with Crippen molar-refractivity contribution >= 4 is 38.8 Å². The van der Waals surface area contributed by atoms with Gasteiger partial charge in [-0.1, -0.05) is 24.3 Å². The van der Waals surface area contributed by atoms with Crippen LogP contribution in [-0.2, 0) is 11.2 Å². The van der Waals surface area contributed by atoms with Crippen molar-refractivity contribution in [3.8, 4) is 10.6 Å². The molecule has 0 radical (unpaired) electrons. The Labute approximate surface area is 195 Å². The summed E-state index contributed by atoms with van der Waals surface area (Å²) in [5.74, 6) is -0.107. The van der Waals surface area contributed by atoms with Gasteiger partial charge in [-0.3, -0.25) is 4.79 Å². The topological polar surface area (TPSA) is 64.1 Å². The number of benzene rings is 1. The smallest absolute Gasteiger partial charge is 0.270 e. The zero-order valence-corrected chi connectivity index (χ0v) is 19.7. The van der Waals surface area contributed by atoms with Crippen LogP contribution in [0.3, 0.4) is 0 Å². The predicted octanol–water partition coefficient (Wildman–Crippen LogP) is 5.70. The first-order valence-corrected chi connectivity index (χ1v) is 12.6. The number of carbonyl (C=O) groups is 1. The van der Waals surface area contributed by atoms with Gasteiger partial charge in [-0.05, 0) is 61.7 Å². The van der Waals surface area contributed by atoms with E-state index in [0.29, 0.717) is 5.69 Å². The van der Waals surface area contributed by atoms with Crippen molar-refractivity contribution in [1.29, 1.82) is 0 Å². The molecule has 1 saturated heterocycles. The Morgan fingerprint density at radius 1 is 1.09 bits per heavy atom. The summed E-state index contributed by atoms with van der Waals surface area (Å²) in [5, 5.41) is 8.23. The standard InChI is InChI=1S/C25H25N3O2S2/c1-15-11-20(12-16(2)30-15)27-24(29)22-14-19(23-21(28-22)7-9-31-23)13-17-3-5-18(6-4-17)25-26-8-10-32-25/h3-10,14-16,20H,11-13H2,1-2H3,(H,27,29). The number of hydrogen-bond donors (Lipinski definition) is 1. The highest BCUT2D eigenvalue weighted by atomic mass is 32.1. The maximum absolute atomic E-state index is 13.1. The number of thiazole rings is 1. The van der Waals surface area contributed by atoms with E-state index in [1.165, 1.54) is 5.56 Å². The average molecular weight is 464 g/mol. The normalized spacial score (nSPS) is 21.0. The second kappa shape index (κ2) is 9.10. The first-order chi connectivity index (χ1) is 15.5. The molecule has 4 heterocycles. The van der Waals surface area contributed by atoms with E-state index in [-0.39, 0.29) is 24.2 Å². The summed E-state index contributed by atoms with van der Waals surface area (Å²) in [6.07, 6.45) is 4.54. The third kappa shape index (κ3) is 4.60. The molecule has 7 heteroatoms. The Kier molecular flexibility index (Phi) is 6.04. The molecule has 1 aliphatic heterocycles. The lowest BCUT2D eigenvalue weighted by Gasteiger charge is -2.32. The monoisotopic (exact) mass is 463 g/mol. The van der Waals surface area contributed by atoms with Crippen molar-refractivity contribution in [3.05, 3.63) is 70.2 Å². The number of hydrogen-bond acceptors (Lipinski definition) is 6. The number of rotatable bonds is 5. The first-order valence-electron chi connectivity index (χ1n) is 10.9. The molecule has 5 rings (SSSR count). The molecule has 1 fully saturated rings. The van der Waals surface area contributed by atoms with Crippen LogP contribution in [0, 0.1) is 0 Å². The molecule has 1 aromatic carbocycles. The Morgan fingerprint density at radius 2 is 1.88 bits per heavy atom. The first kappa shape index (κ1) is 21.2. The summed E-state index contributed by atoms with van der Waals surface area (Å²) < 4.78 is 6.94. The van der Waals surface area contributed by atoms with Crippen LogP contribution in [-0.4, -0.2) is 34.1 Å². The maximum Gasteiger partial charge on any atom is 0.270 e. The quantitative estimate of drug-likeness (QED) is 0.413. The van der Waals surface area contributed by atoms with Gasteiger partial charge in [0, 0.05) is 23.2 Å². The van der Waals surface area contributed by atoms with Crippen molar-refractivity contribution in [1.82, 2.24) is 15.3 Å². The van der Waals surface area contributed by atoms with E-state index in [1.54, 1.807) is 22.7 Å². The fourth-order valence-electron chi connectivity index (χ4n) is 4.40. The van der Waals surface area contributed by atoms with E-state index in [4.69, 9.17) is 4.74 Å². The summed E-state index contributed by atoms with van der Waals surface area (Å²) >= 11 is 3.31. The zero-order valence-electron chi connectivity index (χ0n) is 18.1. The molecule has 0 bridgehead atoms. The van der Waals surface area contributed by atoms with E-state index in [9.17, 15) is 4.79 Å². The van der Waals surface area contributed by atoms with Crippen molar-refractivity contribution < 1.29 is 9.53 Å². The number of aromatic nitrogens is 2. The van der Waals surface area contributed by atoms with Gasteiger partial charge >= 0.3 is 0 Å². The van der Waals surface area contributed by atoms with Crippen LogP contribution in [0.1, 0.15) is 48.3 Å². The fraction of sp³-hybridized carbons (Fsp3) is 0.320. The highest BCUT2D eigenvalue weighted by Crippen LogP contribution is 2.28. The largest absolute Gasteiger partial charge is 0.375 e. The molecule has 2 atom stereocenters. The van der Waals surface area contributed by atoms with Gasteiger partial charge in [-0.25, -0.2) is 9.97 Å². The minimum atomic E-state index is -0.107. The van der Waals surface area contributed by atoms with Crippen molar-refractivity contribution in [2.75, 3.05) is 0 Å². The third-order valence-corrected chi connectivity index (χ3v) is 7.58. The zero-order chi connectivity index (χ0) is 22.1. The Balaban J connectivity index is 1.38. The molecule has 1 aliphatic rings. The minimum absolute atomic E-state index is 0.107. The SMILES string of the molecule is CC1CC(NC(=O)c2cc(Cc3ccc(-c4nccs4)cc3)c3sccc3n2)CC(C)O1. The van der Waals surface area contributed by atoms with Gasteiger partial charge in [0.05, 0.1) is 22.4 Å². The Morgan fingerprint density at radius 3 is 2.59 bits per heavy atom. The maximum atomic E-state index is 13.1. The number of ether oxygens (including phenoxy) is 1. The van der Waals surface area contributed by atoms with Gasteiger partial charge in [0.2, 0.25) is 0 Å². The molecule has 3 aromatic heterocycles. The highest BCUT2D eigenvalue weighted by Gasteiger charge is 2.26. The second-order valence-corrected chi connectivity index (χ2v) is 10.2. The summed E-state index contributed by atoms with van der Waals surface area (Å²) in [6.45, 7) is 4.12. The Bertz CT molecular complexity index is 1210. The minimum Gasteiger partial charge on any atom is -0.375 e. The van der Waals surface area contributed by atoms with Crippen LogP contribution in [0.15, 0.2) is 53.4 Å². The lowest BCUT2D eigenvalue weighted by molar-refractivity contribution is -0.0408. The van der Waals surface area contributed by atoms with Crippen LogP contribution in [0.2, 0.25) is 0 Å². The van der Waals surface area contributed by atoms with Gasteiger partial charge in [0.1, 0.15) is 10.7 Å². The van der Waals surface area contributed by atoms with Crippen LogP contribution in [0.25, 0.3) is 20.8 Å². The summed E-state index contributed by atoms with van der Waals surface area (Å²) in [4.78, 5) is 22.1. The second-order valence-electron chi connectivity index (χ2n) is 8.41. The molecule has 2 unspecified atom stereocenters. The predicted molar refractivity (Wildman–Crippen MR) is 130 cm³/mol. The van der Waals surface area contributed by atoms with Crippen LogP contribution in [0.4, 0.5) is 0 Å². The number of thiophene rings is 1. The molecule has 1 N–H and O–H groups in total. The van der Waals surface area contributed by atoms with Gasteiger partial charge in [-0.15, -0.1) is 22.7 Å². The number of nitrogens with zero attached hydrogens (tertiary/aromatic N) is 2. The van der Waals surface area contributed by atoms with E-state index in [2.05, 4.69) is 53.4 Å². The molecule has 0 saturated carbocycles. The van der Waals surface area contributed by atoms with Crippen LogP contribution >= 0.6 is 22.7 Å². The summed E-state index contributed by atoms with van der Waals surface area (Å²) in [6, 6.07) is 12.6. The number of pyridine rings is 1. The Hall–Kier alpha value is -2.61. The van der Waals surface area contributed by atoms with Crippen molar-refractivity contribution in [2.45, 2.75) is 51.4 Å². The van der Waals surface area contributed by atoms with Gasteiger partial charge in [0.15, 0.2) is 0 Å². The van der Waals surface area contributed by atoms with E-state index in [0.717, 1.165) is 45.6 Å². The summed E-state index contributed by atoms with van der Waals surface area (Å²) in [5.41, 5.74) is 4.82. The molecular weight excluding hydrogens is 438 g/mol. The van der Waals surface area contributed by atoms with Gasteiger partial charge in [0.25, 0.3) is 5.91 Å². The molecule has 5 nitrogen and oxygen atoms in total. The van der Waals surface area contributed by atoms with Crippen LogP contribution < -0.4 is 5.32 Å².